The van der Waals surface area contributed by atoms with Crippen LogP contribution in [0.1, 0.15) is 84.3 Å². The Kier molecular flexibility index (Phi) is 6.51. The Balaban J connectivity index is 1.14. The van der Waals surface area contributed by atoms with Gasteiger partial charge in [0.1, 0.15) is 11.2 Å². The molecule has 1 N–H and O–H groups in total. The van der Waals surface area contributed by atoms with Gasteiger partial charge in [-0.1, -0.05) is 43.4 Å². The number of para-hydroxylation sites is 1. The summed E-state index contributed by atoms with van der Waals surface area (Å²) in [6.07, 6.45) is 14.8. The molecule has 1 aromatic heterocycles. The van der Waals surface area contributed by atoms with Crippen LogP contribution in [0.15, 0.2) is 34.6 Å². The largest absolute Gasteiger partial charge is 0.343 e. The molecule has 7 heteroatoms. The number of piperidine rings is 1. The van der Waals surface area contributed by atoms with E-state index in [1.807, 2.05) is 34.7 Å². The van der Waals surface area contributed by atoms with Crippen LogP contribution in [0, 0.1) is 12.3 Å². The molecule has 2 aliphatic heterocycles. The average molecular weight is 475 g/mol. The molecular formula is C27H30N4O2S. The van der Waals surface area contributed by atoms with E-state index in [0.29, 0.717) is 12.1 Å². The van der Waals surface area contributed by atoms with Crippen molar-refractivity contribution in [2.75, 3.05) is 13.1 Å². The summed E-state index contributed by atoms with van der Waals surface area (Å²) in [7, 11) is 0. The van der Waals surface area contributed by atoms with Gasteiger partial charge in [-0.2, -0.15) is 0 Å². The number of amides is 2. The van der Waals surface area contributed by atoms with Crippen LogP contribution in [0.2, 0.25) is 0 Å². The molecule has 34 heavy (non-hydrogen) atoms. The highest BCUT2D eigenvalue weighted by Gasteiger charge is 2.33. The third kappa shape index (κ3) is 4.65. The number of nitrogens with zero attached hydrogens (tertiary/aromatic N) is 3. The normalized spacial score (nSPS) is 21.6. The third-order valence-corrected chi connectivity index (χ3v) is 8.42. The van der Waals surface area contributed by atoms with Gasteiger partial charge in [-0.25, -0.2) is 4.98 Å². The minimum absolute atomic E-state index is 0.0666. The lowest BCUT2D eigenvalue weighted by atomic mass is 9.82. The number of thiazole rings is 1. The van der Waals surface area contributed by atoms with Crippen LogP contribution in [0.5, 0.6) is 0 Å². The molecule has 3 heterocycles. The van der Waals surface area contributed by atoms with Crippen LogP contribution in [0.3, 0.4) is 0 Å². The number of aliphatic imine (C=N–C) groups is 1. The van der Waals surface area contributed by atoms with Crippen molar-refractivity contribution in [3.63, 3.8) is 0 Å². The standard InChI is InChI=1S/C27H30N4O2S/c1-2-27(12-6-3-7-13-27)30-25(33)23-18-34-26(29-23)19-10-14-31(15-11-19)24(32)16-20-17-28-22-9-5-4-8-21(20)22/h1,4-5,8-9,17-20H,3,6-7,10-16H2,(H,30,33). The lowest BCUT2D eigenvalue weighted by molar-refractivity contribution is -0.132. The van der Waals surface area contributed by atoms with Gasteiger partial charge < -0.3 is 10.2 Å². The second-order valence-corrected chi connectivity index (χ2v) is 10.5. The molecule has 3 aliphatic rings. The Morgan fingerprint density at radius 1 is 1.18 bits per heavy atom. The first-order valence-electron chi connectivity index (χ1n) is 12.2. The Hall–Kier alpha value is -2.98. The lowest BCUT2D eigenvalue weighted by Gasteiger charge is -2.33. The van der Waals surface area contributed by atoms with E-state index < -0.39 is 5.54 Å². The summed E-state index contributed by atoms with van der Waals surface area (Å²) >= 11 is 1.54. The van der Waals surface area contributed by atoms with E-state index in [4.69, 9.17) is 6.42 Å². The summed E-state index contributed by atoms with van der Waals surface area (Å²) < 4.78 is 0. The number of nitrogens with one attached hydrogen (secondary N) is 1. The van der Waals surface area contributed by atoms with Crippen molar-refractivity contribution in [3.05, 3.63) is 45.9 Å². The van der Waals surface area contributed by atoms with E-state index in [0.717, 1.165) is 67.9 Å². The molecule has 5 rings (SSSR count). The van der Waals surface area contributed by atoms with E-state index in [1.165, 1.54) is 17.8 Å². The zero-order valence-corrected chi connectivity index (χ0v) is 20.2. The molecule has 1 aromatic carbocycles. The maximum Gasteiger partial charge on any atom is 0.271 e. The molecule has 2 aromatic rings. The predicted molar refractivity (Wildman–Crippen MR) is 135 cm³/mol. The van der Waals surface area contributed by atoms with Crippen LogP contribution in [0.25, 0.3) is 0 Å². The van der Waals surface area contributed by atoms with Crippen LogP contribution in [-0.4, -0.2) is 46.5 Å². The second kappa shape index (κ2) is 9.71. The molecule has 6 nitrogen and oxygen atoms in total. The zero-order chi connectivity index (χ0) is 23.5. The molecule has 0 radical (unpaired) electrons. The summed E-state index contributed by atoms with van der Waals surface area (Å²) in [5, 5.41) is 5.90. The number of carbonyl (C=O) groups excluding carboxylic acids is 2. The van der Waals surface area contributed by atoms with Crippen molar-refractivity contribution in [2.24, 2.45) is 4.99 Å². The number of likely N-dealkylation sites (tertiary alicyclic amines) is 1. The highest BCUT2D eigenvalue weighted by molar-refractivity contribution is 7.09. The third-order valence-electron chi connectivity index (χ3n) is 7.41. The van der Waals surface area contributed by atoms with Crippen LogP contribution < -0.4 is 5.32 Å². The molecule has 1 saturated heterocycles. The molecular weight excluding hydrogens is 444 g/mol. The summed E-state index contributed by atoms with van der Waals surface area (Å²) in [4.78, 5) is 36.8. The van der Waals surface area contributed by atoms with Crippen LogP contribution in [-0.2, 0) is 4.79 Å². The molecule has 1 aliphatic carbocycles. The smallest absolute Gasteiger partial charge is 0.271 e. The van der Waals surface area contributed by atoms with E-state index >= 15 is 0 Å². The minimum Gasteiger partial charge on any atom is -0.343 e. The number of terminal acetylenes is 1. The number of hydrogen-bond acceptors (Lipinski definition) is 5. The van der Waals surface area contributed by atoms with Gasteiger partial charge in [0, 0.05) is 42.9 Å². The maximum atomic E-state index is 12.9. The number of fused-ring (bicyclic) bond motifs is 1. The van der Waals surface area contributed by atoms with E-state index in [1.54, 1.807) is 0 Å². The van der Waals surface area contributed by atoms with Crippen molar-refractivity contribution < 1.29 is 9.59 Å². The number of carbonyl (C=O) groups is 2. The zero-order valence-electron chi connectivity index (χ0n) is 19.3. The van der Waals surface area contributed by atoms with Gasteiger partial charge >= 0.3 is 0 Å². The summed E-state index contributed by atoms with van der Waals surface area (Å²) in [5.74, 6) is 3.18. The van der Waals surface area contributed by atoms with Gasteiger partial charge in [-0.05, 0) is 37.3 Å². The molecule has 2 amide bonds. The Labute approximate surface area is 204 Å². The first-order valence-corrected chi connectivity index (χ1v) is 13.1. The summed E-state index contributed by atoms with van der Waals surface area (Å²) in [6.45, 7) is 1.44. The van der Waals surface area contributed by atoms with Crippen LogP contribution in [0.4, 0.5) is 5.69 Å². The highest BCUT2D eigenvalue weighted by atomic mass is 32.1. The SMILES string of the molecule is C#CC1(NC(=O)c2csc(C3CCN(C(=O)CC4C=Nc5ccccc54)CC3)n2)CCCCC1. The van der Waals surface area contributed by atoms with Crippen molar-refractivity contribution in [2.45, 2.75) is 68.7 Å². The predicted octanol–water partition coefficient (Wildman–Crippen LogP) is 4.80. The Bertz CT molecular complexity index is 1130. The van der Waals surface area contributed by atoms with Crippen molar-refractivity contribution in [1.29, 1.82) is 0 Å². The highest BCUT2D eigenvalue weighted by Crippen LogP contribution is 2.35. The summed E-state index contributed by atoms with van der Waals surface area (Å²) in [5.41, 5.74) is 2.03. The molecule has 1 saturated carbocycles. The molecule has 1 unspecified atom stereocenters. The van der Waals surface area contributed by atoms with Crippen molar-refractivity contribution in [1.82, 2.24) is 15.2 Å². The van der Waals surface area contributed by atoms with E-state index in [-0.39, 0.29) is 23.7 Å². The fourth-order valence-corrected chi connectivity index (χ4v) is 6.32. The summed E-state index contributed by atoms with van der Waals surface area (Å²) in [6, 6.07) is 8.02. The topological polar surface area (TPSA) is 74.7 Å². The minimum atomic E-state index is -0.532. The van der Waals surface area contributed by atoms with Crippen molar-refractivity contribution in [3.8, 4) is 12.3 Å². The quantitative estimate of drug-likeness (QED) is 0.632. The monoisotopic (exact) mass is 474 g/mol. The van der Waals surface area contributed by atoms with Gasteiger partial charge in [-0.15, -0.1) is 17.8 Å². The fraction of sp³-hybridized carbons (Fsp3) is 0.481. The molecule has 0 spiro atoms. The Morgan fingerprint density at radius 3 is 2.71 bits per heavy atom. The Morgan fingerprint density at radius 2 is 1.94 bits per heavy atom. The molecule has 176 valence electrons. The number of hydrogen-bond donors (Lipinski definition) is 1. The van der Waals surface area contributed by atoms with Gasteiger partial charge in [0.2, 0.25) is 5.91 Å². The molecule has 1 atom stereocenters. The van der Waals surface area contributed by atoms with Gasteiger partial charge in [-0.3, -0.25) is 14.6 Å². The van der Waals surface area contributed by atoms with E-state index in [9.17, 15) is 9.59 Å². The number of benzene rings is 1. The molecule has 0 bridgehead atoms. The van der Waals surface area contributed by atoms with E-state index in [2.05, 4.69) is 27.3 Å². The lowest BCUT2D eigenvalue weighted by Crippen LogP contribution is -2.48. The van der Waals surface area contributed by atoms with Gasteiger partial charge in [0.15, 0.2) is 0 Å². The fourth-order valence-electron chi connectivity index (χ4n) is 5.35. The second-order valence-electron chi connectivity index (χ2n) is 9.61. The molecule has 2 fully saturated rings. The maximum absolute atomic E-state index is 12.9. The van der Waals surface area contributed by atoms with Crippen molar-refractivity contribution >= 4 is 35.1 Å². The van der Waals surface area contributed by atoms with Gasteiger partial charge in [0.25, 0.3) is 5.91 Å². The number of rotatable bonds is 5. The average Bonchev–Trinajstić information content (AvgIpc) is 3.53. The van der Waals surface area contributed by atoms with Crippen LogP contribution >= 0.6 is 11.3 Å². The first kappa shape index (κ1) is 22.8. The first-order chi connectivity index (χ1) is 16.6. The van der Waals surface area contributed by atoms with Gasteiger partial charge in [0.05, 0.1) is 10.7 Å². The number of aromatic nitrogens is 1.